The number of benzene rings is 3. The third-order valence-electron chi connectivity index (χ3n) is 3.71. The van der Waals surface area contributed by atoms with Crippen molar-refractivity contribution in [2.75, 3.05) is 0 Å². The van der Waals surface area contributed by atoms with Crippen LogP contribution in [0.2, 0.25) is 0 Å². The lowest BCUT2D eigenvalue weighted by Crippen LogP contribution is -2.00. The van der Waals surface area contributed by atoms with Crippen LogP contribution in [-0.2, 0) is 0 Å². The summed E-state index contributed by atoms with van der Waals surface area (Å²) >= 11 is 0. The van der Waals surface area contributed by atoms with Crippen molar-refractivity contribution >= 4 is 0 Å². The molecule has 0 radical (unpaired) electrons. The molecule has 1 heterocycles. The molecule has 0 aliphatic rings. The predicted molar refractivity (Wildman–Crippen MR) is 97.2 cm³/mol. The van der Waals surface area contributed by atoms with Gasteiger partial charge in [-0.3, -0.25) is 0 Å². The maximum Gasteiger partial charge on any atom is 0.341 e. The summed E-state index contributed by atoms with van der Waals surface area (Å²) in [5.41, 5.74) is 3.40. The van der Waals surface area contributed by atoms with Gasteiger partial charge in [-0.2, -0.15) is 4.98 Å². The van der Waals surface area contributed by atoms with E-state index in [4.69, 9.17) is 4.74 Å². The van der Waals surface area contributed by atoms with Crippen LogP contribution in [0.5, 0.6) is 11.8 Å². The fraction of sp³-hybridized carbons (Fsp3) is 0. The van der Waals surface area contributed by atoms with Gasteiger partial charge >= 0.3 is 6.01 Å². The topological polar surface area (TPSA) is 47.9 Å². The second kappa shape index (κ2) is 6.93. The SMILES string of the molecule is c1ccc(Oc2nnc(-c3ccccc3)c(-c3ccccc3)n2)cc1. The molecule has 0 saturated carbocycles. The number of para-hydroxylation sites is 1. The molecule has 3 aromatic carbocycles. The molecule has 0 fully saturated rings. The van der Waals surface area contributed by atoms with Gasteiger partial charge in [0.25, 0.3) is 0 Å². The number of hydrogen-bond donors (Lipinski definition) is 0. The summed E-state index contributed by atoms with van der Waals surface area (Å²) in [5, 5.41) is 8.54. The van der Waals surface area contributed by atoms with Crippen molar-refractivity contribution in [3.63, 3.8) is 0 Å². The molecule has 120 valence electrons. The maximum absolute atomic E-state index is 5.75. The molecule has 25 heavy (non-hydrogen) atoms. The van der Waals surface area contributed by atoms with Crippen molar-refractivity contribution < 1.29 is 4.74 Å². The molecule has 4 nitrogen and oxygen atoms in total. The first kappa shape index (κ1) is 15.0. The van der Waals surface area contributed by atoms with Gasteiger partial charge in [0.1, 0.15) is 17.1 Å². The van der Waals surface area contributed by atoms with E-state index in [1.165, 1.54) is 0 Å². The molecule has 4 heteroatoms. The van der Waals surface area contributed by atoms with Crippen LogP contribution in [0.1, 0.15) is 0 Å². The van der Waals surface area contributed by atoms with Crippen LogP contribution in [0.25, 0.3) is 22.5 Å². The van der Waals surface area contributed by atoms with E-state index in [2.05, 4.69) is 15.2 Å². The molecule has 0 spiro atoms. The molecular weight excluding hydrogens is 310 g/mol. The summed E-state index contributed by atoms with van der Waals surface area (Å²) < 4.78 is 5.75. The molecule has 0 bridgehead atoms. The van der Waals surface area contributed by atoms with Gasteiger partial charge in [-0.25, -0.2) is 0 Å². The highest BCUT2D eigenvalue weighted by molar-refractivity contribution is 5.77. The Balaban J connectivity index is 1.80. The van der Waals surface area contributed by atoms with Gasteiger partial charge in [-0.15, -0.1) is 5.10 Å². The highest BCUT2D eigenvalue weighted by atomic mass is 16.5. The quantitative estimate of drug-likeness (QED) is 0.530. The molecule has 0 unspecified atom stereocenters. The van der Waals surface area contributed by atoms with E-state index in [0.717, 1.165) is 22.5 Å². The monoisotopic (exact) mass is 325 g/mol. The van der Waals surface area contributed by atoms with E-state index >= 15 is 0 Å². The molecular formula is C21H15N3O. The van der Waals surface area contributed by atoms with Gasteiger partial charge in [0, 0.05) is 11.1 Å². The van der Waals surface area contributed by atoms with Crippen LogP contribution in [0, 0.1) is 0 Å². The fourth-order valence-electron chi connectivity index (χ4n) is 2.54. The van der Waals surface area contributed by atoms with E-state index < -0.39 is 0 Å². The number of ether oxygens (including phenoxy) is 1. The summed E-state index contributed by atoms with van der Waals surface area (Å²) in [4.78, 5) is 4.62. The average molecular weight is 325 g/mol. The third-order valence-corrected chi connectivity index (χ3v) is 3.71. The number of nitrogens with zero attached hydrogens (tertiary/aromatic N) is 3. The van der Waals surface area contributed by atoms with Crippen molar-refractivity contribution in [1.82, 2.24) is 15.2 Å². The van der Waals surface area contributed by atoms with Gasteiger partial charge in [-0.1, -0.05) is 84.0 Å². The zero-order valence-corrected chi connectivity index (χ0v) is 13.4. The van der Waals surface area contributed by atoms with Crippen LogP contribution in [-0.4, -0.2) is 15.2 Å². The Kier molecular flexibility index (Phi) is 4.16. The average Bonchev–Trinajstić information content (AvgIpc) is 2.70. The molecule has 4 rings (SSSR count). The van der Waals surface area contributed by atoms with E-state index in [-0.39, 0.29) is 6.01 Å². The number of rotatable bonds is 4. The predicted octanol–water partition coefficient (Wildman–Crippen LogP) is 5.00. The molecule has 0 aliphatic carbocycles. The van der Waals surface area contributed by atoms with E-state index in [1.807, 2.05) is 91.0 Å². The summed E-state index contributed by atoms with van der Waals surface area (Å²) in [6.45, 7) is 0. The zero-order valence-electron chi connectivity index (χ0n) is 13.4. The van der Waals surface area contributed by atoms with Crippen molar-refractivity contribution in [1.29, 1.82) is 0 Å². The van der Waals surface area contributed by atoms with Crippen molar-refractivity contribution in [3.05, 3.63) is 91.0 Å². The molecule has 0 N–H and O–H groups in total. The van der Waals surface area contributed by atoms with E-state index in [9.17, 15) is 0 Å². The normalized spacial score (nSPS) is 10.4. The van der Waals surface area contributed by atoms with Crippen molar-refractivity contribution in [3.8, 4) is 34.3 Å². The lowest BCUT2D eigenvalue weighted by atomic mass is 10.0. The van der Waals surface area contributed by atoms with Gasteiger partial charge in [0.15, 0.2) is 0 Å². The first-order chi connectivity index (χ1) is 12.4. The molecule has 0 atom stereocenters. The highest BCUT2D eigenvalue weighted by Crippen LogP contribution is 2.30. The zero-order chi connectivity index (χ0) is 16.9. The Bertz CT molecular complexity index is 958. The first-order valence-corrected chi connectivity index (χ1v) is 7.98. The summed E-state index contributed by atoms with van der Waals surface area (Å²) in [7, 11) is 0. The number of aromatic nitrogens is 3. The minimum absolute atomic E-state index is 0.227. The summed E-state index contributed by atoms with van der Waals surface area (Å²) in [6, 6.07) is 29.5. The molecule has 0 amide bonds. The van der Waals surface area contributed by atoms with Crippen molar-refractivity contribution in [2.24, 2.45) is 0 Å². The Morgan fingerprint density at radius 2 is 1.04 bits per heavy atom. The Morgan fingerprint density at radius 3 is 1.64 bits per heavy atom. The van der Waals surface area contributed by atoms with E-state index in [0.29, 0.717) is 5.75 Å². The smallest absolute Gasteiger partial charge is 0.341 e. The third kappa shape index (κ3) is 3.38. The summed E-state index contributed by atoms with van der Waals surface area (Å²) in [6.07, 6.45) is 0. The Morgan fingerprint density at radius 1 is 0.520 bits per heavy atom. The second-order valence-corrected chi connectivity index (χ2v) is 5.44. The number of hydrogen-bond acceptors (Lipinski definition) is 4. The lowest BCUT2D eigenvalue weighted by molar-refractivity contribution is 0.434. The molecule has 1 aromatic heterocycles. The molecule has 0 saturated heterocycles. The fourth-order valence-corrected chi connectivity index (χ4v) is 2.54. The largest absolute Gasteiger partial charge is 0.423 e. The molecule has 0 aliphatic heterocycles. The molecule has 4 aromatic rings. The standard InChI is InChI=1S/C21H15N3O/c1-4-10-16(11-5-1)19-20(17-12-6-2-7-13-17)23-24-21(22-19)25-18-14-8-3-9-15-18/h1-15H. The van der Waals surface area contributed by atoms with Gasteiger partial charge in [0.05, 0.1) is 0 Å². The first-order valence-electron chi connectivity index (χ1n) is 7.98. The minimum atomic E-state index is 0.227. The second-order valence-electron chi connectivity index (χ2n) is 5.44. The highest BCUT2D eigenvalue weighted by Gasteiger charge is 2.14. The van der Waals surface area contributed by atoms with Crippen LogP contribution < -0.4 is 4.74 Å². The maximum atomic E-state index is 5.75. The Hall–Kier alpha value is -3.53. The Labute approximate surface area is 145 Å². The lowest BCUT2D eigenvalue weighted by Gasteiger charge is -2.10. The van der Waals surface area contributed by atoms with Gasteiger partial charge in [0.2, 0.25) is 0 Å². The van der Waals surface area contributed by atoms with Crippen LogP contribution in [0.15, 0.2) is 91.0 Å². The van der Waals surface area contributed by atoms with Crippen molar-refractivity contribution in [2.45, 2.75) is 0 Å². The van der Waals surface area contributed by atoms with Crippen LogP contribution in [0.3, 0.4) is 0 Å². The van der Waals surface area contributed by atoms with Gasteiger partial charge in [-0.05, 0) is 12.1 Å². The minimum Gasteiger partial charge on any atom is -0.423 e. The van der Waals surface area contributed by atoms with Gasteiger partial charge < -0.3 is 4.74 Å². The van der Waals surface area contributed by atoms with Crippen LogP contribution >= 0.6 is 0 Å². The summed E-state index contributed by atoms with van der Waals surface area (Å²) in [5.74, 6) is 0.677. The van der Waals surface area contributed by atoms with Crippen LogP contribution in [0.4, 0.5) is 0 Å². The van der Waals surface area contributed by atoms with E-state index in [1.54, 1.807) is 0 Å².